The molecule has 2 N–H and O–H groups in total. The molecule has 0 spiro atoms. The van der Waals surface area contributed by atoms with Crippen LogP contribution < -0.4 is 24.1 Å². The van der Waals surface area contributed by atoms with E-state index < -0.39 is 10.1 Å². The summed E-state index contributed by atoms with van der Waals surface area (Å²) < 4.78 is 64.7. The Balaban J connectivity index is 2.03. The number of aryl methyl sites for hydroxylation is 2. The normalized spacial score (nSPS) is 11.3. The molecule has 0 atom stereocenters. The van der Waals surface area contributed by atoms with Crippen molar-refractivity contribution in [2.24, 2.45) is 0 Å². The van der Waals surface area contributed by atoms with Crippen LogP contribution in [0.3, 0.4) is 0 Å². The molecule has 0 aliphatic carbocycles. The maximum Gasteiger partial charge on any atom is 0.330 e. The quantitative estimate of drug-likeness (QED) is 0.0212. The van der Waals surface area contributed by atoms with Gasteiger partial charge in [0.15, 0.2) is 11.5 Å². The number of hydrogen-bond donors (Lipinski definition) is 2. The Morgan fingerprint density at radius 2 is 1.00 bits per heavy atom. The second-order valence-corrected chi connectivity index (χ2v) is 20.3. The lowest BCUT2D eigenvalue weighted by atomic mass is 10.1. The van der Waals surface area contributed by atoms with Crippen LogP contribution in [-0.4, -0.2) is 80.7 Å². The van der Waals surface area contributed by atoms with Crippen LogP contribution in [0.2, 0.25) is 0 Å². The number of imidazole rings is 1. The minimum absolute atomic E-state index is 0.218. The molecule has 0 saturated carbocycles. The summed E-state index contributed by atoms with van der Waals surface area (Å²) in [6, 6.07) is 3.59. The van der Waals surface area contributed by atoms with Crippen LogP contribution in [0.4, 0.5) is 0 Å². The number of unbranched alkanes of at least 4 members (excludes halogenated alkanes) is 25. The van der Waals surface area contributed by atoms with Gasteiger partial charge in [-0.2, -0.15) is 8.42 Å². The summed E-state index contributed by atoms with van der Waals surface area (Å²) in [5.74, 6) is 0.397. The number of nitrogens with one attached hydrogen (secondary N) is 1. The predicted molar refractivity (Wildman–Crippen MR) is 283 cm³/mol. The molecule has 15 heteroatoms. The van der Waals surface area contributed by atoms with Crippen LogP contribution in [0, 0.1) is 0 Å². The molecule has 0 saturated heterocycles. The van der Waals surface area contributed by atoms with E-state index in [4.69, 9.17) is 28.2 Å². The summed E-state index contributed by atoms with van der Waals surface area (Å²) in [7, 11) is -3.99. The Labute approximate surface area is 428 Å². The van der Waals surface area contributed by atoms with Gasteiger partial charge in [-0.05, 0) is 44.2 Å². The van der Waals surface area contributed by atoms with Gasteiger partial charge in [-0.25, -0.2) is 18.7 Å². The third-order valence-electron chi connectivity index (χ3n) is 12.4. The zero-order valence-electron chi connectivity index (χ0n) is 43.9. The molecule has 0 unspecified atom stereocenters. The minimum atomic E-state index is -3.99. The van der Waals surface area contributed by atoms with Gasteiger partial charge in [0, 0.05) is 37.1 Å². The Kier molecular flexibility index (Phi) is 37.3. The van der Waals surface area contributed by atoms with Gasteiger partial charge in [0.2, 0.25) is 12.1 Å². The average molecular weight is 1020 g/mol. The SMILES string of the molecule is C=CC(=O)OCCCCCCCCCCCOc1cc(C(=O)NCCC[n+]2ccn(CCCS(=O)(=O)O)c2)cc(OCCCCCCCCCCCOC(=O)C=C)c1OCCCCCCCCCCCC. The number of hydrogen-bond acceptors (Lipinski definition) is 10. The molecule has 14 nitrogen and oxygen atoms in total. The van der Waals surface area contributed by atoms with E-state index >= 15 is 0 Å². The summed E-state index contributed by atoms with van der Waals surface area (Å²) in [5, 5.41) is 3.08. The molecule has 0 aliphatic heterocycles. The number of aromatic nitrogens is 2. The lowest BCUT2D eigenvalue weighted by Gasteiger charge is -2.19. The fourth-order valence-corrected chi connectivity index (χ4v) is 8.73. The maximum atomic E-state index is 13.8. The van der Waals surface area contributed by atoms with Gasteiger partial charge in [-0.3, -0.25) is 9.35 Å². The molecule has 71 heavy (non-hydrogen) atoms. The van der Waals surface area contributed by atoms with Gasteiger partial charge in [-0.15, -0.1) is 0 Å². The number of nitrogens with zero attached hydrogens (tertiary/aromatic N) is 2. The zero-order chi connectivity index (χ0) is 51.5. The highest BCUT2D eigenvalue weighted by Crippen LogP contribution is 2.40. The molecule has 1 aromatic heterocycles. The standard InChI is InChI=1S/C56H93N3O11S/c1-4-7-8-9-10-11-14-23-28-33-45-70-55-51(66-41-29-24-19-15-12-17-21-26-31-43-68-53(60)5-2)47-50(56(62)57-36-34-37-58-39-40-59(49-58)38-35-46-71(63,64)65)48-52(55)67-42-30-25-20-16-13-18-22-27-32-44-69-54(61)6-3/h5-6,39-40,47-49H,2-4,7-38,41-46H2,1H3,(H-,57,62,63,64,65)/p+1. The Hall–Kier alpha value is -4.37. The highest BCUT2D eigenvalue weighted by atomic mass is 32.2. The van der Waals surface area contributed by atoms with Gasteiger partial charge in [0.25, 0.3) is 16.0 Å². The largest absolute Gasteiger partial charge is 0.490 e. The summed E-state index contributed by atoms with van der Waals surface area (Å²) in [6.07, 6.45) is 40.5. The highest BCUT2D eigenvalue weighted by Gasteiger charge is 2.20. The van der Waals surface area contributed by atoms with E-state index in [0.717, 1.165) is 116 Å². The van der Waals surface area contributed by atoms with Crippen molar-refractivity contribution in [1.29, 1.82) is 0 Å². The Bertz CT molecular complexity index is 1770. The summed E-state index contributed by atoms with van der Waals surface area (Å²) in [5.41, 5.74) is 0.455. The highest BCUT2D eigenvalue weighted by molar-refractivity contribution is 7.85. The van der Waals surface area contributed by atoms with Gasteiger partial charge in [0.1, 0.15) is 12.4 Å². The second kappa shape index (κ2) is 42.2. The molecule has 404 valence electrons. The van der Waals surface area contributed by atoms with Crippen LogP contribution in [0.25, 0.3) is 0 Å². The van der Waals surface area contributed by atoms with E-state index in [2.05, 4.69) is 25.4 Å². The van der Waals surface area contributed by atoms with Crippen molar-refractivity contribution in [1.82, 2.24) is 9.88 Å². The van der Waals surface area contributed by atoms with Crippen molar-refractivity contribution in [2.45, 2.75) is 213 Å². The number of rotatable bonds is 49. The third-order valence-corrected chi connectivity index (χ3v) is 13.2. The molecule has 0 bridgehead atoms. The number of benzene rings is 1. The fraction of sp³-hybridized carbons (Fsp3) is 0.714. The lowest BCUT2D eigenvalue weighted by molar-refractivity contribution is -0.696. The predicted octanol–water partition coefficient (Wildman–Crippen LogP) is 12.4. The first-order valence-electron chi connectivity index (χ1n) is 27.5. The molecule has 1 heterocycles. The molecule has 0 fully saturated rings. The molecular formula is C56H94N3O11S+. The average Bonchev–Trinajstić information content (AvgIpc) is 3.81. The number of carbonyl (C=O) groups is 3. The molecule has 1 amide bonds. The number of amides is 1. The molecule has 2 rings (SSSR count). The van der Waals surface area contributed by atoms with E-state index in [0.29, 0.717) is 88.3 Å². The summed E-state index contributed by atoms with van der Waals surface area (Å²) in [6.45, 7) is 13.1. The van der Waals surface area contributed by atoms with E-state index in [1.165, 1.54) is 76.4 Å². The minimum Gasteiger partial charge on any atom is -0.490 e. The van der Waals surface area contributed by atoms with Gasteiger partial charge < -0.3 is 29.0 Å². The third kappa shape index (κ3) is 34.6. The fourth-order valence-electron chi connectivity index (χ4n) is 8.24. The van der Waals surface area contributed by atoms with Gasteiger partial charge in [0.05, 0.1) is 51.9 Å². The molecule has 1 aromatic carbocycles. The van der Waals surface area contributed by atoms with Crippen molar-refractivity contribution in [3.05, 3.63) is 61.7 Å². The molecular weight excluding hydrogens is 923 g/mol. The maximum absolute atomic E-state index is 13.8. The Morgan fingerprint density at radius 1 is 0.592 bits per heavy atom. The van der Waals surface area contributed by atoms with Crippen LogP contribution in [0.15, 0.2) is 56.2 Å². The van der Waals surface area contributed by atoms with Crippen molar-refractivity contribution < 1.29 is 55.6 Å². The first-order valence-corrected chi connectivity index (χ1v) is 29.1. The monoisotopic (exact) mass is 1020 g/mol. The smallest absolute Gasteiger partial charge is 0.330 e. The first-order chi connectivity index (χ1) is 34.6. The number of carbonyl (C=O) groups excluding carboxylic acids is 3. The second-order valence-electron chi connectivity index (χ2n) is 18.8. The molecule has 2 aromatic rings. The topological polar surface area (TPSA) is 173 Å². The van der Waals surface area contributed by atoms with Crippen molar-refractivity contribution in [3.63, 3.8) is 0 Å². The van der Waals surface area contributed by atoms with Crippen LogP contribution in [0.5, 0.6) is 17.2 Å². The van der Waals surface area contributed by atoms with Gasteiger partial charge in [-0.1, -0.05) is 168 Å². The van der Waals surface area contributed by atoms with Crippen LogP contribution in [0.1, 0.15) is 210 Å². The Morgan fingerprint density at radius 3 is 1.42 bits per heavy atom. The van der Waals surface area contributed by atoms with E-state index in [1.807, 2.05) is 27.9 Å². The van der Waals surface area contributed by atoms with Crippen molar-refractivity contribution in [2.75, 3.05) is 45.3 Å². The zero-order valence-corrected chi connectivity index (χ0v) is 44.7. The van der Waals surface area contributed by atoms with E-state index in [1.54, 1.807) is 12.1 Å². The lowest BCUT2D eigenvalue weighted by Crippen LogP contribution is -2.34. The van der Waals surface area contributed by atoms with Crippen LogP contribution in [-0.2, 0) is 42.3 Å². The summed E-state index contributed by atoms with van der Waals surface area (Å²) in [4.78, 5) is 36.2. The van der Waals surface area contributed by atoms with Crippen molar-refractivity contribution in [3.8, 4) is 17.2 Å². The van der Waals surface area contributed by atoms with Crippen LogP contribution >= 0.6 is 0 Å². The first kappa shape index (κ1) is 62.7. The van der Waals surface area contributed by atoms with Gasteiger partial charge >= 0.3 is 11.9 Å². The number of esters is 2. The number of ether oxygens (including phenoxy) is 5. The van der Waals surface area contributed by atoms with E-state index in [9.17, 15) is 22.8 Å². The summed E-state index contributed by atoms with van der Waals surface area (Å²) >= 11 is 0. The molecule has 0 radical (unpaired) electrons. The van der Waals surface area contributed by atoms with E-state index in [-0.39, 0.29) is 23.6 Å². The molecule has 0 aliphatic rings. The van der Waals surface area contributed by atoms with Crippen molar-refractivity contribution >= 4 is 28.0 Å².